The Labute approximate surface area is 306 Å². The Kier molecular flexibility index (Phi) is 11.4. The van der Waals surface area contributed by atoms with Crippen LogP contribution in [0.3, 0.4) is 0 Å². The number of carbonyl (C=O) groups excluding carboxylic acids is 2. The quantitative estimate of drug-likeness (QED) is 0.0915. The molecule has 3 aliphatic heterocycles. The van der Waals surface area contributed by atoms with E-state index in [4.69, 9.17) is 46.9 Å². The van der Waals surface area contributed by atoms with Gasteiger partial charge in [-0.05, 0) is 79.9 Å². The number of ether oxygens (including phenoxy) is 5. The standard InChI is InChI=1S/C38H39Cl2N3O8/c1-47-31-7-5-4-6-27(31)36(38(45)51-35-22-42-16-14-23(35)15-17-42)41-26-11-8-24(9-12-26)37(44)50-33(19-28-29(39)20-43(46)21-30(28)40)25-10-13-32(48-2)34(18-25)49-3/h4-13,18,20-21,23,33,35-36,41H,14-17,19,22H2,1-3H3/t33?,35-,36?/m0/s1. The molecule has 268 valence electrons. The molecule has 51 heavy (non-hydrogen) atoms. The number of methoxy groups -OCH3 is 3. The molecule has 11 nitrogen and oxygen atoms in total. The van der Waals surface area contributed by atoms with Gasteiger partial charge >= 0.3 is 11.9 Å². The number of hydrogen-bond donors (Lipinski definition) is 1. The summed E-state index contributed by atoms with van der Waals surface area (Å²) >= 11 is 12.8. The fourth-order valence-corrected chi connectivity index (χ4v) is 7.29. The zero-order chi connectivity index (χ0) is 36.1. The lowest BCUT2D eigenvalue weighted by atomic mass is 9.86. The molecule has 7 rings (SSSR count). The zero-order valence-electron chi connectivity index (χ0n) is 28.5. The fourth-order valence-electron chi connectivity index (χ4n) is 6.69. The lowest BCUT2D eigenvalue weighted by molar-refractivity contribution is -0.605. The Morgan fingerprint density at radius 2 is 1.57 bits per heavy atom. The van der Waals surface area contributed by atoms with Gasteiger partial charge in [0.1, 0.15) is 28.0 Å². The van der Waals surface area contributed by atoms with Crippen LogP contribution in [0.2, 0.25) is 10.0 Å². The van der Waals surface area contributed by atoms with Crippen molar-refractivity contribution in [2.24, 2.45) is 5.92 Å². The first-order valence-corrected chi connectivity index (χ1v) is 17.3. The average Bonchev–Trinajstić information content (AvgIpc) is 3.15. The van der Waals surface area contributed by atoms with Gasteiger partial charge in [0.15, 0.2) is 29.9 Å². The highest BCUT2D eigenvalue weighted by atomic mass is 35.5. The van der Waals surface area contributed by atoms with Crippen LogP contribution in [0.1, 0.15) is 52.0 Å². The summed E-state index contributed by atoms with van der Waals surface area (Å²) in [6.45, 7) is 2.80. The van der Waals surface area contributed by atoms with E-state index in [2.05, 4.69) is 10.2 Å². The van der Waals surface area contributed by atoms with Crippen molar-refractivity contribution in [1.29, 1.82) is 0 Å². The summed E-state index contributed by atoms with van der Waals surface area (Å²) in [6.07, 6.45) is 3.43. The lowest BCUT2D eigenvalue weighted by Crippen LogP contribution is -2.52. The van der Waals surface area contributed by atoms with Gasteiger partial charge in [0.2, 0.25) is 0 Å². The van der Waals surface area contributed by atoms with E-state index in [1.807, 2.05) is 18.2 Å². The first-order chi connectivity index (χ1) is 24.7. The molecule has 0 aliphatic carbocycles. The van der Waals surface area contributed by atoms with Crippen LogP contribution in [0.25, 0.3) is 0 Å². The summed E-state index contributed by atoms with van der Waals surface area (Å²) in [6, 6.07) is 18.2. The number of para-hydroxylation sites is 1. The number of esters is 2. The smallest absolute Gasteiger partial charge is 0.338 e. The van der Waals surface area contributed by atoms with Gasteiger partial charge in [-0.2, -0.15) is 4.73 Å². The van der Waals surface area contributed by atoms with Gasteiger partial charge < -0.3 is 34.2 Å². The highest BCUT2D eigenvalue weighted by molar-refractivity contribution is 6.35. The molecule has 3 fully saturated rings. The van der Waals surface area contributed by atoms with E-state index in [0.29, 0.717) is 50.3 Å². The molecule has 0 spiro atoms. The second-order valence-corrected chi connectivity index (χ2v) is 13.3. The van der Waals surface area contributed by atoms with E-state index in [1.54, 1.807) is 55.6 Å². The van der Waals surface area contributed by atoms with Crippen LogP contribution in [0.15, 0.2) is 79.1 Å². The van der Waals surface area contributed by atoms with Crippen LogP contribution < -0.4 is 24.3 Å². The number of nitrogens with one attached hydrogen (secondary N) is 1. The molecule has 2 unspecified atom stereocenters. The molecule has 0 saturated carbocycles. The molecule has 3 aromatic carbocycles. The lowest BCUT2D eigenvalue weighted by Gasteiger charge is -2.44. The molecule has 3 atom stereocenters. The Bertz CT molecular complexity index is 1840. The molecular formula is C38H39Cl2N3O8. The van der Waals surface area contributed by atoms with Crippen LogP contribution in [-0.4, -0.2) is 63.9 Å². The van der Waals surface area contributed by atoms with E-state index in [0.717, 1.165) is 32.5 Å². The number of halogens is 2. The maximum atomic E-state index is 13.8. The number of piperidine rings is 3. The Balaban J connectivity index is 1.23. The largest absolute Gasteiger partial charge is 0.619 e. The molecule has 4 heterocycles. The topological polar surface area (TPSA) is 122 Å². The third kappa shape index (κ3) is 8.27. The number of aromatic nitrogens is 1. The van der Waals surface area contributed by atoms with Crippen molar-refractivity contribution in [2.75, 3.05) is 46.3 Å². The number of fused-ring (bicyclic) bond motifs is 3. The van der Waals surface area contributed by atoms with Gasteiger partial charge in [-0.1, -0.05) is 47.5 Å². The van der Waals surface area contributed by atoms with Crippen LogP contribution in [0.4, 0.5) is 5.69 Å². The maximum absolute atomic E-state index is 13.8. The summed E-state index contributed by atoms with van der Waals surface area (Å²) in [5.41, 5.74) is 2.50. The Hall–Kier alpha value is -4.71. The first kappa shape index (κ1) is 36.1. The SMILES string of the molecule is COc1ccc(C(Cc2c(Cl)c[n+]([O-])cc2Cl)OC(=O)c2ccc(NC(C(=O)O[C@H]3CN4CCC3CC4)c3ccccc3OC)cc2)cc1OC. The predicted octanol–water partition coefficient (Wildman–Crippen LogP) is 6.58. The number of nitrogens with zero attached hydrogens (tertiary/aromatic N) is 2. The molecule has 3 aliphatic rings. The van der Waals surface area contributed by atoms with Crippen molar-refractivity contribution in [1.82, 2.24) is 4.90 Å². The van der Waals surface area contributed by atoms with Crippen molar-refractivity contribution in [3.63, 3.8) is 0 Å². The Morgan fingerprint density at radius 3 is 2.20 bits per heavy atom. The van der Waals surface area contributed by atoms with Gasteiger partial charge in [-0.3, -0.25) is 4.90 Å². The van der Waals surface area contributed by atoms with Crippen LogP contribution >= 0.6 is 23.2 Å². The molecule has 0 amide bonds. The highest BCUT2D eigenvalue weighted by Crippen LogP contribution is 2.37. The molecule has 2 bridgehead atoms. The average molecular weight is 737 g/mol. The van der Waals surface area contributed by atoms with Gasteiger partial charge in [-0.15, -0.1) is 0 Å². The van der Waals surface area contributed by atoms with Crippen LogP contribution in [0, 0.1) is 11.1 Å². The van der Waals surface area contributed by atoms with E-state index in [-0.39, 0.29) is 28.1 Å². The summed E-state index contributed by atoms with van der Waals surface area (Å²) < 4.78 is 29.2. The Morgan fingerprint density at radius 1 is 0.902 bits per heavy atom. The van der Waals surface area contributed by atoms with Crippen LogP contribution in [0.5, 0.6) is 17.2 Å². The monoisotopic (exact) mass is 735 g/mol. The number of pyridine rings is 1. The molecule has 3 saturated heterocycles. The number of hydrogen-bond acceptors (Lipinski definition) is 10. The third-order valence-electron chi connectivity index (χ3n) is 9.46. The minimum atomic E-state index is -0.872. The van der Waals surface area contributed by atoms with Crippen LogP contribution in [-0.2, 0) is 20.7 Å². The van der Waals surface area contributed by atoms with Gasteiger partial charge in [0.25, 0.3) is 0 Å². The predicted molar refractivity (Wildman–Crippen MR) is 192 cm³/mol. The molecular weight excluding hydrogens is 697 g/mol. The van der Waals surface area contributed by atoms with E-state index in [9.17, 15) is 14.8 Å². The van der Waals surface area contributed by atoms with E-state index in [1.165, 1.54) is 26.6 Å². The fraction of sp³-hybridized carbons (Fsp3) is 0.342. The van der Waals surface area contributed by atoms with E-state index >= 15 is 0 Å². The normalized spacial score (nSPS) is 19.0. The number of rotatable bonds is 13. The van der Waals surface area contributed by atoms with Crippen molar-refractivity contribution in [3.8, 4) is 17.2 Å². The third-order valence-corrected chi connectivity index (χ3v) is 10.1. The first-order valence-electron chi connectivity index (χ1n) is 16.6. The highest BCUT2D eigenvalue weighted by Gasteiger charge is 2.38. The van der Waals surface area contributed by atoms with Crippen molar-refractivity contribution < 1.29 is 38.0 Å². The maximum Gasteiger partial charge on any atom is 0.338 e. The second kappa shape index (κ2) is 16.1. The summed E-state index contributed by atoms with van der Waals surface area (Å²) in [5.74, 6) is 0.808. The van der Waals surface area contributed by atoms with E-state index < -0.39 is 24.1 Å². The van der Waals surface area contributed by atoms with Gasteiger partial charge in [0, 0.05) is 29.8 Å². The summed E-state index contributed by atoms with van der Waals surface area (Å²) in [4.78, 5) is 29.8. The molecule has 1 aromatic heterocycles. The number of carbonyl (C=O) groups is 2. The number of benzene rings is 3. The minimum absolute atomic E-state index is 0.0711. The number of anilines is 1. The van der Waals surface area contributed by atoms with Gasteiger partial charge in [0.05, 0.1) is 26.9 Å². The summed E-state index contributed by atoms with van der Waals surface area (Å²) in [7, 11) is 4.59. The van der Waals surface area contributed by atoms with Crippen molar-refractivity contribution >= 4 is 40.8 Å². The summed E-state index contributed by atoms with van der Waals surface area (Å²) in [5, 5.41) is 15.5. The zero-order valence-corrected chi connectivity index (χ0v) is 30.0. The molecule has 1 N–H and O–H groups in total. The second-order valence-electron chi connectivity index (χ2n) is 12.5. The van der Waals surface area contributed by atoms with Gasteiger partial charge in [-0.25, -0.2) is 9.59 Å². The molecule has 0 radical (unpaired) electrons. The molecule has 4 aromatic rings. The molecule has 13 heteroatoms. The minimum Gasteiger partial charge on any atom is -0.619 e. The van der Waals surface area contributed by atoms with Crippen molar-refractivity contribution in [2.45, 2.75) is 37.5 Å². The van der Waals surface area contributed by atoms with Crippen molar-refractivity contribution in [3.05, 3.63) is 117 Å².